The standard InChI is InChI=1S/C21H28N4O2/c1-3-4-10-22-20-16-17(9-11-23-20)21(26)25-14-12-24(13-15-25)18-5-7-19(27-2)8-6-18/h5-9,11,16H,3-4,10,12-15H2,1-2H3,(H,22,23). The Morgan fingerprint density at radius 2 is 1.89 bits per heavy atom. The number of aromatic nitrogens is 1. The van der Waals surface area contributed by atoms with Crippen molar-refractivity contribution in [2.75, 3.05) is 50.1 Å². The highest BCUT2D eigenvalue weighted by atomic mass is 16.5. The van der Waals surface area contributed by atoms with Crippen molar-refractivity contribution in [2.45, 2.75) is 19.8 Å². The molecule has 0 bridgehead atoms. The second-order valence-corrected chi connectivity index (χ2v) is 6.69. The summed E-state index contributed by atoms with van der Waals surface area (Å²) in [4.78, 5) is 21.4. The van der Waals surface area contributed by atoms with Gasteiger partial charge in [0.2, 0.25) is 0 Å². The Balaban J connectivity index is 1.57. The van der Waals surface area contributed by atoms with E-state index in [1.807, 2.05) is 23.1 Å². The Kier molecular flexibility index (Phi) is 6.52. The molecule has 1 amide bonds. The van der Waals surface area contributed by atoms with Crippen LogP contribution in [-0.4, -0.2) is 55.6 Å². The summed E-state index contributed by atoms with van der Waals surface area (Å²) < 4.78 is 5.21. The summed E-state index contributed by atoms with van der Waals surface area (Å²) in [6.07, 6.45) is 3.92. The van der Waals surface area contributed by atoms with Crippen molar-refractivity contribution in [3.8, 4) is 5.75 Å². The van der Waals surface area contributed by atoms with Crippen molar-refractivity contribution in [3.63, 3.8) is 0 Å². The van der Waals surface area contributed by atoms with E-state index in [0.29, 0.717) is 18.7 Å². The van der Waals surface area contributed by atoms with E-state index < -0.39 is 0 Å². The fourth-order valence-corrected chi connectivity index (χ4v) is 3.20. The highest BCUT2D eigenvalue weighted by molar-refractivity contribution is 5.95. The van der Waals surface area contributed by atoms with E-state index in [9.17, 15) is 4.79 Å². The largest absolute Gasteiger partial charge is 0.497 e. The van der Waals surface area contributed by atoms with Crippen LogP contribution in [-0.2, 0) is 0 Å². The number of methoxy groups -OCH3 is 1. The maximum absolute atomic E-state index is 12.8. The van der Waals surface area contributed by atoms with Gasteiger partial charge in [0.05, 0.1) is 7.11 Å². The molecule has 0 unspecified atom stereocenters. The van der Waals surface area contributed by atoms with Gasteiger partial charge in [0.1, 0.15) is 11.6 Å². The molecule has 1 aliphatic rings. The molecule has 1 aliphatic heterocycles. The van der Waals surface area contributed by atoms with Gasteiger partial charge in [-0.2, -0.15) is 0 Å². The van der Waals surface area contributed by atoms with Crippen molar-refractivity contribution in [3.05, 3.63) is 48.2 Å². The smallest absolute Gasteiger partial charge is 0.254 e. The van der Waals surface area contributed by atoms with Crippen LogP contribution >= 0.6 is 0 Å². The van der Waals surface area contributed by atoms with Gasteiger partial charge in [-0.15, -0.1) is 0 Å². The molecule has 1 saturated heterocycles. The molecule has 0 radical (unpaired) electrons. The van der Waals surface area contributed by atoms with Gasteiger partial charge in [0.25, 0.3) is 5.91 Å². The van der Waals surface area contributed by atoms with Crippen LogP contribution in [0.4, 0.5) is 11.5 Å². The average Bonchev–Trinajstić information content (AvgIpc) is 2.74. The molecule has 1 aromatic heterocycles. The Morgan fingerprint density at radius 1 is 1.15 bits per heavy atom. The molecule has 1 aromatic carbocycles. The number of pyridine rings is 1. The normalized spacial score (nSPS) is 14.1. The zero-order valence-electron chi connectivity index (χ0n) is 16.1. The second-order valence-electron chi connectivity index (χ2n) is 6.69. The molecule has 0 saturated carbocycles. The Labute approximate surface area is 161 Å². The van der Waals surface area contributed by atoms with Crippen molar-refractivity contribution in [1.82, 2.24) is 9.88 Å². The van der Waals surface area contributed by atoms with Gasteiger partial charge in [-0.05, 0) is 42.8 Å². The van der Waals surface area contributed by atoms with Gasteiger partial charge in [-0.25, -0.2) is 4.98 Å². The quantitative estimate of drug-likeness (QED) is 0.760. The topological polar surface area (TPSA) is 57.7 Å². The summed E-state index contributed by atoms with van der Waals surface area (Å²) in [5.41, 5.74) is 1.86. The number of hydrogen-bond donors (Lipinski definition) is 1. The average molecular weight is 368 g/mol. The summed E-state index contributed by atoms with van der Waals surface area (Å²) in [6, 6.07) is 11.7. The van der Waals surface area contributed by atoms with E-state index in [1.165, 1.54) is 0 Å². The summed E-state index contributed by atoms with van der Waals surface area (Å²) >= 11 is 0. The number of hydrogen-bond acceptors (Lipinski definition) is 5. The first-order valence-corrected chi connectivity index (χ1v) is 9.59. The van der Waals surface area contributed by atoms with Gasteiger partial charge < -0.3 is 19.9 Å². The molecule has 1 N–H and O–H groups in total. The zero-order valence-corrected chi connectivity index (χ0v) is 16.1. The number of nitrogens with zero attached hydrogens (tertiary/aromatic N) is 3. The van der Waals surface area contributed by atoms with E-state index in [4.69, 9.17) is 4.74 Å². The number of nitrogens with one attached hydrogen (secondary N) is 1. The lowest BCUT2D eigenvalue weighted by Crippen LogP contribution is -2.48. The predicted octanol–water partition coefficient (Wildman–Crippen LogP) is 3.26. The molecule has 1 fully saturated rings. The van der Waals surface area contributed by atoms with E-state index in [1.54, 1.807) is 19.4 Å². The monoisotopic (exact) mass is 368 g/mol. The Bertz CT molecular complexity index is 740. The van der Waals surface area contributed by atoms with Crippen molar-refractivity contribution in [1.29, 1.82) is 0 Å². The van der Waals surface area contributed by atoms with Crippen LogP contribution in [0.5, 0.6) is 5.75 Å². The molecule has 0 aliphatic carbocycles. The molecule has 0 spiro atoms. The van der Waals surface area contributed by atoms with Crippen LogP contribution in [0.15, 0.2) is 42.6 Å². The minimum Gasteiger partial charge on any atom is -0.497 e. The minimum atomic E-state index is 0.0744. The van der Waals surface area contributed by atoms with Crippen LogP contribution < -0.4 is 15.0 Å². The van der Waals surface area contributed by atoms with E-state index in [0.717, 1.165) is 49.7 Å². The fraction of sp³-hybridized carbons (Fsp3) is 0.429. The third-order valence-electron chi connectivity index (χ3n) is 4.85. The molecule has 144 valence electrons. The number of anilines is 2. The number of ether oxygens (including phenoxy) is 1. The van der Waals surface area contributed by atoms with Crippen molar-refractivity contribution >= 4 is 17.4 Å². The molecule has 6 heteroatoms. The molecular weight excluding hydrogens is 340 g/mol. The third-order valence-corrected chi connectivity index (χ3v) is 4.85. The molecule has 2 aromatic rings. The maximum atomic E-state index is 12.8. The van der Waals surface area contributed by atoms with Gasteiger partial charge in [0.15, 0.2) is 0 Å². The van der Waals surface area contributed by atoms with Crippen LogP contribution in [0, 0.1) is 0 Å². The highest BCUT2D eigenvalue weighted by Crippen LogP contribution is 2.21. The predicted molar refractivity (Wildman–Crippen MR) is 109 cm³/mol. The Morgan fingerprint density at radius 3 is 2.56 bits per heavy atom. The lowest BCUT2D eigenvalue weighted by Gasteiger charge is -2.36. The van der Waals surface area contributed by atoms with Gasteiger partial charge in [0, 0.05) is 50.2 Å². The molecule has 2 heterocycles. The first kappa shape index (κ1) is 19.0. The summed E-state index contributed by atoms with van der Waals surface area (Å²) in [5, 5.41) is 3.28. The molecular formula is C21H28N4O2. The zero-order chi connectivity index (χ0) is 19.1. The van der Waals surface area contributed by atoms with E-state index in [-0.39, 0.29) is 5.91 Å². The number of unbranched alkanes of at least 4 members (excludes halogenated alkanes) is 1. The number of piperazine rings is 1. The van der Waals surface area contributed by atoms with Crippen LogP contribution in [0.2, 0.25) is 0 Å². The van der Waals surface area contributed by atoms with Crippen molar-refractivity contribution < 1.29 is 9.53 Å². The molecule has 0 atom stereocenters. The number of rotatable bonds is 7. The number of benzene rings is 1. The molecule has 3 rings (SSSR count). The van der Waals surface area contributed by atoms with Gasteiger partial charge in [-0.3, -0.25) is 4.79 Å². The number of carbonyl (C=O) groups is 1. The van der Waals surface area contributed by atoms with Crippen LogP contribution in [0.1, 0.15) is 30.1 Å². The number of carbonyl (C=O) groups excluding carboxylic acids is 1. The first-order valence-electron chi connectivity index (χ1n) is 9.59. The molecule has 27 heavy (non-hydrogen) atoms. The maximum Gasteiger partial charge on any atom is 0.254 e. The highest BCUT2D eigenvalue weighted by Gasteiger charge is 2.22. The molecule has 6 nitrogen and oxygen atoms in total. The van der Waals surface area contributed by atoms with Crippen molar-refractivity contribution in [2.24, 2.45) is 0 Å². The van der Waals surface area contributed by atoms with Crippen LogP contribution in [0.25, 0.3) is 0 Å². The second kappa shape index (κ2) is 9.26. The summed E-state index contributed by atoms with van der Waals surface area (Å²) in [7, 11) is 1.67. The third kappa shape index (κ3) is 4.90. The summed E-state index contributed by atoms with van der Waals surface area (Å²) in [6.45, 7) is 6.11. The Hall–Kier alpha value is -2.76. The van der Waals surface area contributed by atoms with Gasteiger partial charge >= 0.3 is 0 Å². The SMILES string of the molecule is CCCCNc1cc(C(=O)N2CCN(c3ccc(OC)cc3)CC2)ccn1. The minimum absolute atomic E-state index is 0.0744. The lowest BCUT2D eigenvalue weighted by atomic mass is 10.2. The van der Waals surface area contributed by atoms with E-state index >= 15 is 0 Å². The fourth-order valence-electron chi connectivity index (χ4n) is 3.20. The lowest BCUT2D eigenvalue weighted by molar-refractivity contribution is 0.0746. The number of amides is 1. The van der Waals surface area contributed by atoms with Crippen LogP contribution in [0.3, 0.4) is 0 Å². The van der Waals surface area contributed by atoms with E-state index in [2.05, 4.69) is 34.3 Å². The first-order chi connectivity index (χ1) is 13.2. The van der Waals surface area contributed by atoms with Gasteiger partial charge in [-0.1, -0.05) is 13.3 Å². The summed E-state index contributed by atoms with van der Waals surface area (Å²) in [5.74, 6) is 1.70.